The minimum Gasteiger partial charge on any atom is -0.349 e. The maximum Gasteiger partial charge on any atom is 0.224 e. The number of rotatable bonds is 5. The van der Waals surface area contributed by atoms with Gasteiger partial charge in [-0.15, -0.1) is 12.4 Å². The molecule has 1 saturated carbocycles. The van der Waals surface area contributed by atoms with Crippen molar-refractivity contribution in [2.45, 2.75) is 45.2 Å². The lowest BCUT2D eigenvalue weighted by molar-refractivity contribution is -0.126. The van der Waals surface area contributed by atoms with Crippen LogP contribution in [0, 0.1) is 17.7 Å². The Bertz CT molecular complexity index is 460. The molecule has 1 aromatic carbocycles. The number of nitrogens with one attached hydrogen (secondary N) is 1. The van der Waals surface area contributed by atoms with E-state index in [0.29, 0.717) is 5.92 Å². The van der Waals surface area contributed by atoms with Crippen LogP contribution in [0.3, 0.4) is 0 Å². The van der Waals surface area contributed by atoms with Crippen LogP contribution >= 0.6 is 12.4 Å². The van der Waals surface area contributed by atoms with Crippen molar-refractivity contribution in [2.24, 2.45) is 17.6 Å². The monoisotopic (exact) mass is 314 g/mol. The van der Waals surface area contributed by atoms with Gasteiger partial charge in [0.25, 0.3) is 0 Å². The first-order chi connectivity index (χ1) is 9.49. The first kappa shape index (κ1) is 17.9. The van der Waals surface area contributed by atoms with Crippen LogP contribution < -0.4 is 11.1 Å². The van der Waals surface area contributed by atoms with Crippen molar-refractivity contribution in [3.63, 3.8) is 0 Å². The van der Waals surface area contributed by atoms with E-state index in [1.165, 1.54) is 18.6 Å². The molecule has 1 aromatic rings. The molecule has 1 aliphatic rings. The molecule has 2 rings (SSSR count). The van der Waals surface area contributed by atoms with Crippen molar-refractivity contribution in [1.82, 2.24) is 5.32 Å². The molecule has 3 nitrogen and oxygen atoms in total. The van der Waals surface area contributed by atoms with Crippen molar-refractivity contribution >= 4 is 18.3 Å². The van der Waals surface area contributed by atoms with E-state index in [9.17, 15) is 9.18 Å². The molecule has 5 heteroatoms. The van der Waals surface area contributed by atoms with E-state index in [1.807, 2.05) is 13.8 Å². The molecule has 0 heterocycles. The molecule has 0 aliphatic heterocycles. The minimum atomic E-state index is -0.253. The van der Waals surface area contributed by atoms with Crippen LogP contribution in [0.5, 0.6) is 0 Å². The first-order valence-corrected chi connectivity index (χ1v) is 7.30. The van der Waals surface area contributed by atoms with Crippen LogP contribution in [-0.2, 0) is 4.79 Å². The van der Waals surface area contributed by atoms with Crippen LogP contribution in [0.1, 0.15) is 44.7 Å². The minimum absolute atomic E-state index is 0. The summed E-state index contributed by atoms with van der Waals surface area (Å²) in [7, 11) is 0. The third-order valence-corrected chi connectivity index (χ3v) is 4.35. The molecule has 0 saturated heterocycles. The molecule has 3 atom stereocenters. The van der Waals surface area contributed by atoms with E-state index in [0.717, 1.165) is 18.4 Å². The van der Waals surface area contributed by atoms with Gasteiger partial charge in [-0.2, -0.15) is 0 Å². The Labute approximate surface area is 131 Å². The van der Waals surface area contributed by atoms with Gasteiger partial charge in [-0.3, -0.25) is 4.79 Å². The fraction of sp³-hybridized carbons (Fsp3) is 0.562. The summed E-state index contributed by atoms with van der Waals surface area (Å²) in [5.74, 6) is -0.0553. The van der Waals surface area contributed by atoms with Crippen LogP contribution in [0.4, 0.5) is 4.39 Å². The Morgan fingerprint density at radius 2 is 1.86 bits per heavy atom. The third kappa shape index (κ3) is 4.42. The normalized spacial score (nSPS) is 18.9. The van der Waals surface area contributed by atoms with Gasteiger partial charge in [0.05, 0.1) is 6.04 Å². The molecule has 1 fully saturated rings. The third-order valence-electron chi connectivity index (χ3n) is 4.35. The molecule has 21 heavy (non-hydrogen) atoms. The highest BCUT2D eigenvalue weighted by atomic mass is 35.5. The number of carbonyl (C=O) groups is 1. The smallest absolute Gasteiger partial charge is 0.224 e. The second kappa shape index (κ2) is 7.76. The lowest BCUT2D eigenvalue weighted by Gasteiger charge is -2.35. The average molecular weight is 315 g/mol. The first-order valence-electron chi connectivity index (χ1n) is 7.30. The Hall–Kier alpha value is -1.13. The van der Waals surface area contributed by atoms with Crippen LogP contribution in [0.2, 0.25) is 0 Å². The van der Waals surface area contributed by atoms with Gasteiger partial charge in [0.2, 0.25) is 5.91 Å². The summed E-state index contributed by atoms with van der Waals surface area (Å²) in [6, 6.07) is 6.21. The molecule has 118 valence electrons. The Morgan fingerprint density at radius 1 is 1.29 bits per heavy atom. The van der Waals surface area contributed by atoms with Crippen LogP contribution in [-0.4, -0.2) is 11.9 Å². The van der Waals surface area contributed by atoms with Gasteiger partial charge in [0, 0.05) is 12.0 Å². The summed E-state index contributed by atoms with van der Waals surface area (Å²) in [4.78, 5) is 12.2. The molecule has 1 amide bonds. The van der Waals surface area contributed by atoms with Gasteiger partial charge in [-0.1, -0.05) is 25.5 Å². The molecule has 3 N–H and O–H groups in total. The highest BCUT2D eigenvalue weighted by Gasteiger charge is 2.31. The van der Waals surface area contributed by atoms with Crippen molar-refractivity contribution in [1.29, 1.82) is 0 Å². The topological polar surface area (TPSA) is 55.1 Å². The quantitative estimate of drug-likeness (QED) is 0.877. The van der Waals surface area contributed by atoms with Gasteiger partial charge < -0.3 is 11.1 Å². The van der Waals surface area contributed by atoms with Gasteiger partial charge in [0.1, 0.15) is 5.82 Å². The summed E-state index contributed by atoms with van der Waals surface area (Å²) < 4.78 is 13.0. The average Bonchev–Trinajstić information content (AvgIpc) is 2.35. The molecule has 1 aliphatic carbocycles. The number of carbonyl (C=O) groups excluding carboxylic acids is 1. The van der Waals surface area contributed by atoms with E-state index >= 15 is 0 Å². The van der Waals surface area contributed by atoms with E-state index in [1.54, 1.807) is 12.1 Å². The van der Waals surface area contributed by atoms with E-state index in [2.05, 4.69) is 5.32 Å². The molecular formula is C16H24ClFN2O. The fourth-order valence-electron chi connectivity index (χ4n) is 2.44. The molecule has 0 aromatic heterocycles. The summed E-state index contributed by atoms with van der Waals surface area (Å²) in [6.45, 7) is 3.67. The largest absolute Gasteiger partial charge is 0.349 e. The van der Waals surface area contributed by atoms with Crippen molar-refractivity contribution < 1.29 is 9.18 Å². The predicted molar refractivity (Wildman–Crippen MR) is 84.7 cm³/mol. The zero-order valence-corrected chi connectivity index (χ0v) is 13.3. The number of amides is 1. The zero-order chi connectivity index (χ0) is 14.7. The number of hydrogen-bond donors (Lipinski definition) is 2. The Balaban J connectivity index is 0.00000220. The van der Waals surface area contributed by atoms with Crippen LogP contribution in [0.25, 0.3) is 0 Å². The van der Waals surface area contributed by atoms with Gasteiger partial charge in [-0.05, 0) is 43.4 Å². The van der Waals surface area contributed by atoms with Crippen molar-refractivity contribution in [2.75, 3.05) is 0 Å². The second-order valence-electron chi connectivity index (χ2n) is 5.88. The second-order valence-corrected chi connectivity index (χ2v) is 5.88. The van der Waals surface area contributed by atoms with Gasteiger partial charge in [0.15, 0.2) is 0 Å². The van der Waals surface area contributed by atoms with Gasteiger partial charge >= 0.3 is 0 Å². The molecule has 0 radical (unpaired) electrons. The maximum absolute atomic E-state index is 13.0. The summed E-state index contributed by atoms with van der Waals surface area (Å²) >= 11 is 0. The maximum atomic E-state index is 13.0. The number of halogens is 2. The lowest BCUT2D eigenvalue weighted by Crippen LogP contribution is -2.43. The fourth-order valence-corrected chi connectivity index (χ4v) is 2.44. The van der Waals surface area contributed by atoms with E-state index in [-0.39, 0.29) is 42.1 Å². The standard InChI is InChI=1S/C16H23FN2O.ClH/c1-10(11(2)18)16(20)19-15(12-4-3-5-12)13-6-8-14(17)9-7-13;/h6-12,15H,3-5,18H2,1-2H3,(H,19,20);1H. The molecule has 3 unspecified atom stereocenters. The lowest BCUT2D eigenvalue weighted by atomic mass is 9.77. The Kier molecular flexibility index (Phi) is 6.62. The Morgan fingerprint density at radius 3 is 2.29 bits per heavy atom. The summed E-state index contributed by atoms with van der Waals surface area (Å²) in [5.41, 5.74) is 6.76. The SMILES string of the molecule is CC(N)C(C)C(=O)NC(c1ccc(F)cc1)C1CCC1.Cl. The van der Waals surface area contributed by atoms with E-state index < -0.39 is 0 Å². The van der Waals surface area contributed by atoms with Gasteiger partial charge in [-0.25, -0.2) is 4.39 Å². The van der Waals surface area contributed by atoms with Crippen molar-refractivity contribution in [3.8, 4) is 0 Å². The summed E-state index contributed by atoms with van der Waals surface area (Å²) in [6.07, 6.45) is 3.41. The number of benzene rings is 1. The van der Waals surface area contributed by atoms with Crippen molar-refractivity contribution in [3.05, 3.63) is 35.6 Å². The number of hydrogen-bond acceptors (Lipinski definition) is 2. The van der Waals surface area contributed by atoms with Crippen LogP contribution in [0.15, 0.2) is 24.3 Å². The van der Waals surface area contributed by atoms with E-state index in [4.69, 9.17) is 5.73 Å². The molecular weight excluding hydrogens is 291 g/mol. The number of nitrogens with two attached hydrogens (primary N) is 1. The predicted octanol–water partition coefficient (Wildman–Crippen LogP) is 3.19. The molecule has 0 bridgehead atoms. The highest BCUT2D eigenvalue weighted by molar-refractivity contribution is 5.85. The highest BCUT2D eigenvalue weighted by Crippen LogP contribution is 2.37. The summed E-state index contributed by atoms with van der Waals surface area (Å²) in [5, 5.41) is 3.09. The molecule has 0 spiro atoms. The zero-order valence-electron chi connectivity index (χ0n) is 12.5.